The number of hydrogen-bond donors (Lipinski definition) is 0. The van der Waals surface area contributed by atoms with Crippen LogP contribution in [0, 0.1) is 22.7 Å². The highest BCUT2D eigenvalue weighted by molar-refractivity contribution is 7.89. The van der Waals surface area contributed by atoms with Crippen molar-refractivity contribution < 1.29 is 13.2 Å². The first kappa shape index (κ1) is 26.4. The van der Waals surface area contributed by atoms with Crippen molar-refractivity contribution in [2.24, 2.45) is 22.7 Å². The summed E-state index contributed by atoms with van der Waals surface area (Å²) >= 11 is 0. The molecule has 3 aliphatic rings. The number of carbonyl (C=O) groups excluding carboxylic acids is 1. The first-order valence-corrected chi connectivity index (χ1v) is 15.7. The van der Waals surface area contributed by atoms with Gasteiger partial charge in [0.25, 0.3) is 0 Å². The van der Waals surface area contributed by atoms with E-state index in [1.54, 1.807) is 4.31 Å². The van der Waals surface area contributed by atoms with E-state index in [4.69, 9.17) is 9.97 Å². The molecule has 2 aliphatic carbocycles. The molecule has 2 bridgehead atoms. The molecule has 0 spiro atoms. The first-order valence-electron chi connectivity index (χ1n) is 14.1. The van der Waals surface area contributed by atoms with E-state index in [9.17, 15) is 13.2 Å². The highest BCUT2D eigenvalue weighted by Gasteiger charge is 2.65. The second kappa shape index (κ2) is 9.37. The molecule has 0 amide bonds. The Kier molecular flexibility index (Phi) is 6.34. The maximum atomic E-state index is 13.7. The fourth-order valence-electron chi connectivity index (χ4n) is 7.08. The van der Waals surface area contributed by atoms with Crippen molar-refractivity contribution in [3.05, 3.63) is 42.4 Å². The van der Waals surface area contributed by atoms with Crippen molar-refractivity contribution in [1.29, 1.82) is 0 Å². The number of benzene rings is 1. The average Bonchev–Trinajstić information content (AvgIpc) is 3.48. The van der Waals surface area contributed by atoms with Crippen molar-refractivity contribution in [1.82, 2.24) is 24.1 Å². The van der Waals surface area contributed by atoms with E-state index in [-0.39, 0.29) is 17.0 Å². The Hall–Kier alpha value is -2.85. The lowest BCUT2D eigenvalue weighted by Gasteiger charge is -2.40. The van der Waals surface area contributed by atoms with Gasteiger partial charge in [0, 0.05) is 44.4 Å². The van der Waals surface area contributed by atoms with Gasteiger partial charge >= 0.3 is 0 Å². The topological polar surface area (TPSA) is 101 Å². The van der Waals surface area contributed by atoms with E-state index in [1.807, 2.05) is 41.2 Å². The number of Topliss-reactive ketones (excluding diaryl/α,β-unsaturated/α-hetero) is 1. The number of anilines is 1. The van der Waals surface area contributed by atoms with Gasteiger partial charge in [0.05, 0.1) is 23.0 Å². The molecule has 2 aromatic heterocycles. The number of hydrogen-bond acceptors (Lipinski definition) is 7. The van der Waals surface area contributed by atoms with Crippen molar-refractivity contribution in [2.75, 3.05) is 36.8 Å². The summed E-state index contributed by atoms with van der Waals surface area (Å²) in [6, 6.07) is 9.93. The van der Waals surface area contributed by atoms with E-state index in [0.29, 0.717) is 50.9 Å². The van der Waals surface area contributed by atoms with Gasteiger partial charge in [-0.15, -0.1) is 0 Å². The lowest BCUT2D eigenvalue weighted by molar-refractivity contribution is -0.128. The molecule has 3 fully saturated rings. The van der Waals surface area contributed by atoms with Gasteiger partial charge in [-0.2, -0.15) is 9.40 Å². The molecule has 10 heteroatoms. The maximum absolute atomic E-state index is 13.7. The highest BCUT2D eigenvalue weighted by Crippen LogP contribution is 2.64. The fourth-order valence-corrected chi connectivity index (χ4v) is 9.28. The number of piperazine rings is 1. The number of nitrogens with zero attached hydrogens (tertiary/aromatic N) is 6. The first-order chi connectivity index (χ1) is 18.5. The lowest BCUT2D eigenvalue weighted by atomic mass is 9.70. The Labute approximate surface area is 230 Å². The summed E-state index contributed by atoms with van der Waals surface area (Å²) in [5.74, 6) is 2.33. The number of ketones is 1. The van der Waals surface area contributed by atoms with Gasteiger partial charge in [0.15, 0.2) is 5.65 Å². The van der Waals surface area contributed by atoms with Gasteiger partial charge in [-0.05, 0) is 42.2 Å². The normalized spacial score (nSPS) is 25.3. The minimum Gasteiger partial charge on any atom is -0.353 e. The largest absolute Gasteiger partial charge is 0.353 e. The quantitative estimate of drug-likeness (QED) is 0.440. The number of aromatic nitrogens is 4. The molecule has 39 heavy (non-hydrogen) atoms. The maximum Gasteiger partial charge on any atom is 0.215 e. The molecule has 3 heterocycles. The van der Waals surface area contributed by atoms with Crippen LogP contribution in [0.1, 0.15) is 52.8 Å². The molecule has 1 aliphatic heterocycles. The van der Waals surface area contributed by atoms with E-state index >= 15 is 0 Å². The Morgan fingerprint density at radius 1 is 1.05 bits per heavy atom. The summed E-state index contributed by atoms with van der Waals surface area (Å²) in [4.78, 5) is 25.0. The summed E-state index contributed by atoms with van der Waals surface area (Å²) in [5, 5.41) is 5.50. The summed E-state index contributed by atoms with van der Waals surface area (Å²) in [7, 11) is -3.58. The smallest absolute Gasteiger partial charge is 0.215 e. The summed E-state index contributed by atoms with van der Waals surface area (Å²) in [6.45, 7) is 10.3. The van der Waals surface area contributed by atoms with Crippen molar-refractivity contribution in [3.8, 4) is 5.69 Å². The van der Waals surface area contributed by atoms with Gasteiger partial charge in [0.2, 0.25) is 10.0 Å². The molecule has 6 rings (SSSR count). The van der Waals surface area contributed by atoms with E-state index in [1.165, 1.54) is 0 Å². The molecular formula is C29H38N6O3S. The molecule has 0 radical (unpaired) electrons. The van der Waals surface area contributed by atoms with Crippen molar-refractivity contribution in [3.63, 3.8) is 0 Å². The van der Waals surface area contributed by atoms with Crippen LogP contribution in [0.15, 0.2) is 36.5 Å². The SMILES string of the molecule is CC(C)Cc1nc(N2CCN(S(=O)(=O)C[C@]34CCC(CC3=O)C4(C)C)CC2)c2cnn(-c3ccccc3)c2n1. The molecule has 1 unspecified atom stereocenters. The van der Waals surface area contributed by atoms with Crippen LogP contribution in [0.4, 0.5) is 5.82 Å². The molecular weight excluding hydrogens is 512 g/mol. The monoisotopic (exact) mass is 550 g/mol. The van der Waals surface area contributed by atoms with Crippen LogP contribution in [0.25, 0.3) is 16.7 Å². The van der Waals surface area contributed by atoms with Crippen molar-refractivity contribution in [2.45, 2.75) is 53.4 Å². The predicted octanol–water partition coefficient (Wildman–Crippen LogP) is 3.86. The number of sulfonamides is 1. The third-order valence-corrected chi connectivity index (χ3v) is 11.6. The molecule has 0 N–H and O–H groups in total. The van der Waals surface area contributed by atoms with Gasteiger partial charge in [-0.3, -0.25) is 4.79 Å². The average molecular weight is 551 g/mol. The van der Waals surface area contributed by atoms with Crippen molar-refractivity contribution >= 4 is 32.7 Å². The molecule has 2 atom stereocenters. The molecule has 1 saturated heterocycles. The molecule has 208 valence electrons. The van der Waals surface area contributed by atoms with Gasteiger partial charge in [0.1, 0.15) is 17.4 Å². The zero-order chi connectivity index (χ0) is 27.6. The van der Waals surface area contributed by atoms with Gasteiger partial charge in [-0.1, -0.05) is 45.9 Å². The Bertz CT molecular complexity index is 1510. The minimum absolute atomic E-state index is 0.0670. The fraction of sp³-hybridized carbons (Fsp3) is 0.586. The Balaban J connectivity index is 1.26. The zero-order valence-corrected chi connectivity index (χ0v) is 24.1. The third-order valence-electron chi connectivity index (χ3n) is 9.55. The standard InChI is InChI=1S/C29H38N6O3S/c1-20(2)16-25-31-26(23-18-30-35(27(23)32-25)22-8-6-5-7-9-22)33-12-14-34(15-13-33)39(37,38)19-29-11-10-21(17-24(29)36)28(29,3)4/h5-9,18,20-21H,10-17,19H2,1-4H3/t21?,29-/m1/s1. The molecule has 3 aromatic rings. The molecule has 9 nitrogen and oxygen atoms in total. The predicted molar refractivity (Wildman–Crippen MR) is 151 cm³/mol. The minimum atomic E-state index is -3.58. The summed E-state index contributed by atoms with van der Waals surface area (Å²) < 4.78 is 30.8. The lowest BCUT2D eigenvalue weighted by Crippen LogP contribution is -2.53. The summed E-state index contributed by atoms with van der Waals surface area (Å²) in [5.41, 5.74) is 0.678. The third kappa shape index (κ3) is 4.27. The van der Waals surface area contributed by atoms with Crippen LogP contribution in [0.5, 0.6) is 0 Å². The zero-order valence-electron chi connectivity index (χ0n) is 23.3. The number of carbonyl (C=O) groups is 1. The Morgan fingerprint density at radius 2 is 1.77 bits per heavy atom. The number of para-hydroxylation sites is 1. The van der Waals surface area contributed by atoms with E-state index in [0.717, 1.165) is 41.2 Å². The van der Waals surface area contributed by atoms with Crippen LogP contribution in [0.2, 0.25) is 0 Å². The van der Waals surface area contributed by atoms with Crippen LogP contribution in [-0.4, -0.2) is 70.2 Å². The van der Waals surface area contributed by atoms with Crippen LogP contribution >= 0.6 is 0 Å². The van der Waals surface area contributed by atoms with E-state index in [2.05, 4.69) is 37.7 Å². The second-order valence-electron chi connectivity index (χ2n) is 12.5. The second-order valence-corrected chi connectivity index (χ2v) is 14.5. The molecule has 1 aromatic carbocycles. The Morgan fingerprint density at radius 3 is 2.38 bits per heavy atom. The van der Waals surface area contributed by atoms with E-state index < -0.39 is 15.4 Å². The number of rotatable bonds is 7. The van der Waals surface area contributed by atoms with Crippen LogP contribution in [-0.2, 0) is 21.2 Å². The molecule has 2 saturated carbocycles. The van der Waals surface area contributed by atoms with Crippen LogP contribution < -0.4 is 4.90 Å². The van der Waals surface area contributed by atoms with Gasteiger partial charge in [-0.25, -0.2) is 23.1 Å². The highest BCUT2D eigenvalue weighted by atomic mass is 32.2. The summed E-state index contributed by atoms with van der Waals surface area (Å²) in [6.07, 6.45) is 4.70. The van der Waals surface area contributed by atoms with Gasteiger partial charge < -0.3 is 4.90 Å². The van der Waals surface area contributed by atoms with Crippen LogP contribution in [0.3, 0.4) is 0 Å². The number of fused-ring (bicyclic) bond motifs is 3.